The van der Waals surface area contributed by atoms with E-state index in [0.29, 0.717) is 63.9 Å². The molecule has 4 N–H and O–H groups in total. The molecule has 1 saturated carbocycles. The highest BCUT2D eigenvalue weighted by Gasteiger charge is 2.61. The highest BCUT2D eigenvalue weighted by molar-refractivity contribution is 7.90. The second-order valence-electron chi connectivity index (χ2n) is 17.2. The van der Waals surface area contributed by atoms with E-state index >= 15 is 0 Å². The normalized spacial score (nSPS) is 27.3. The minimum Gasteiger partial charge on any atom is -0.444 e. The molecule has 1 spiro atoms. The lowest BCUT2D eigenvalue weighted by atomic mass is 9.93. The van der Waals surface area contributed by atoms with E-state index in [4.69, 9.17) is 4.74 Å². The average molecular weight is 901 g/mol. The van der Waals surface area contributed by atoms with Gasteiger partial charge >= 0.3 is 6.09 Å². The third-order valence-corrected chi connectivity index (χ3v) is 14.1. The van der Waals surface area contributed by atoms with Crippen LogP contribution < -0.4 is 20.7 Å². The van der Waals surface area contributed by atoms with E-state index in [1.807, 2.05) is 10.8 Å². The number of halogens is 3. The second-order valence-corrected chi connectivity index (χ2v) is 18.9. The molecule has 1 aliphatic carbocycles. The first kappa shape index (κ1) is 45.8. The fourth-order valence-electron chi connectivity index (χ4n) is 9.16. The molecule has 5 amide bonds. The molecule has 16 nitrogen and oxygen atoms in total. The van der Waals surface area contributed by atoms with Crippen LogP contribution in [0.3, 0.4) is 0 Å². The summed E-state index contributed by atoms with van der Waals surface area (Å²) in [5.41, 5.74) is -0.146. The molecule has 4 aliphatic heterocycles. The number of carbonyl (C=O) groups excluding carboxylic acids is 5. The lowest BCUT2D eigenvalue weighted by Crippen LogP contribution is -2.58. The number of nitrogens with one attached hydrogen (secondary N) is 4. The zero-order valence-electron chi connectivity index (χ0n) is 35.0. The van der Waals surface area contributed by atoms with Crippen molar-refractivity contribution >= 4 is 45.4 Å². The number of piperidine rings is 1. The Labute approximate surface area is 364 Å². The third-order valence-electron chi connectivity index (χ3n) is 12.8. The number of hydrogen-bond acceptors (Lipinski definition) is 11. The van der Waals surface area contributed by atoms with E-state index in [-0.39, 0.29) is 63.5 Å². The summed E-state index contributed by atoms with van der Waals surface area (Å²) in [4.78, 5) is 78.6. The van der Waals surface area contributed by atoms with Crippen LogP contribution in [0.25, 0.3) is 0 Å². The molecular formula is C43H55F3N8O8S. The molecule has 0 unspecified atom stereocenters. The summed E-state index contributed by atoms with van der Waals surface area (Å²) in [5.74, 6) is -4.52. The summed E-state index contributed by atoms with van der Waals surface area (Å²) >= 11 is 0. The molecule has 342 valence electrons. The smallest absolute Gasteiger partial charge is 0.410 e. The Morgan fingerprint density at radius 3 is 2.54 bits per heavy atom. The quantitative estimate of drug-likeness (QED) is 0.295. The van der Waals surface area contributed by atoms with Gasteiger partial charge in [-0.3, -0.25) is 34.0 Å². The van der Waals surface area contributed by atoms with E-state index in [1.165, 1.54) is 21.9 Å². The standard InChI is InChI=1S/C43H55F3N8O8S/c1-2-29-22-43(29)41(58)51-63(60,61)36-20-30(44)11-12-32(36)47-15-7-5-3-4-6-10-33(49-38(55)19-27-13-17-52(18-14-27)26-37(45)46)40(57)54-24-31(21-35(54)39(56)50-43)62-42(59)53-23-28-9-8-16-48-34(28)25-53/h2,8-9,11-12,16,20,27,29,31,33,35,37,47H,1,3-7,10,13-15,17-19,21-26H2,(H,49,55)(H,50,56)(H,51,58)/t29-,31-,33+,35+,43-/m1/s1. The largest absolute Gasteiger partial charge is 0.444 e. The number of fused-ring (bicyclic) bond motifs is 3. The van der Waals surface area contributed by atoms with Gasteiger partial charge in [-0.15, -0.1) is 6.58 Å². The van der Waals surface area contributed by atoms with Crippen molar-refractivity contribution in [2.75, 3.05) is 38.0 Å². The number of alkyl halides is 2. The van der Waals surface area contributed by atoms with Crippen LogP contribution in [0, 0.1) is 17.7 Å². The van der Waals surface area contributed by atoms with Crippen molar-refractivity contribution in [1.82, 2.24) is 35.0 Å². The first-order chi connectivity index (χ1) is 30.1. The number of anilines is 1. The van der Waals surface area contributed by atoms with Crippen LogP contribution in [0.15, 0.2) is 54.1 Å². The summed E-state index contributed by atoms with van der Waals surface area (Å²) in [6, 6.07) is 4.41. The van der Waals surface area contributed by atoms with Crippen molar-refractivity contribution in [3.63, 3.8) is 0 Å². The van der Waals surface area contributed by atoms with E-state index < -0.39 is 86.5 Å². The number of rotatable bonds is 7. The lowest BCUT2D eigenvalue weighted by molar-refractivity contribution is -0.142. The molecule has 1 aromatic carbocycles. The van der Waals surface area contributed by atoms with Crippen molar-refractivity contribution in [2.24, 2.45) is 11.8 Å². The first-order valence-electron chi connectivity index (χ1n) is 21.7. The zero-order chi connectivity index (χ0) is 44.9. The van der Waals surface area contributed by atoms with Gasteiger partial charge in [0.1, 0.15) is 34.4 Å². The average Bonchev–Trinajstić information content (AvgIpc) is 3.54. The zero-order valence-corrected chi connectivity index (χ0v) is 35.9. The SMILES string of the molecule is C=C[C@@H]1C[C@@]12NC(=O)[C@@H]1C[C@@H](OC(=O)N3Cc4cccnc4C3)CN1C(=O)[C@@H](NC(=O)CC1CCN(CC(F)F)CC1)CCCCCCCNc1ccc(F)cc1S(=O)(=O)NC2=O. The van der Waals surface area contributed by atoms with Gasteiger partial charge in [-0.2, -0.15) is 0 Å². The van der Waals surface area contributed by atoms with Crippen LogP contribution in [0.2, 0.25) is 0 Å². The summed E-state index contributed by atoms with van der Waals surface area (Å²) in [6.07, 6.45) is 3.34. The Hall–Kier alpha value is -5.24. The van der Waals surface area contributed by atoms with Crippen LogP contribution in [-0.4, -0.2) is 121 Å². The van der Waals surface area contributed by atoms with Crippen LogP contribution in [0.4, 0.5) is 23.7 Å². The topological polar surface area (TPSA) is 199 Å². The molecular weight excluding hydrogens is 846 g/mol. The van der Waals surface area contributed by atoms with Crippen molar-refractivity contribution < 1.29 is 50.3 Å². The summed E-state index contributed by atoms with van der Waals surface area (Å²) in [7, 11) is -4.69. The summed E-state index contributed by atoms with van der Waals surface area (Å²) in [5, 5.41) is 8.64. The van der Waals surface area contributed by atoms with Gasteiger partial charge in [0, 0.05) is 31.5 Å². The van der Waals surface area contributed by atoms with Gasteiger partial charge < -0.3 is 25.6 Å². The number of pyridine rings is 1. The highest BCUT2D eigenvalue weighted by Crippen LogP contribution is 2.45. The van der Waals surface area contributed by atoms with E-state index in [2.05, 4.69) is 27.5 Å². The van der Waals surface area contributed by atoms with Crippen LogP contribution in [0.5, 0.6) is 0 Å². The first-order valence-corrected chi connectivity index (χ1v) is 23.2. The van der Waals surface area contributed by atoms with E-state index in [1.54, 1.807) is 17.2 Å². The Morgan fingerprint density at radius 2 is 1.81 bits per heavy atom. The molecule has 63 heavy (non-hydrogen) atoms. The number of carbonyl (C=O) groups is 5. The Balaban J connectivity index is 1.14. The fourth-order valence-corrected chi connectivity index (χ4v) is 10.4. The monoisotopic (exact) mass is 900 g/mol. The van der Waals surface area contributed by atoms with Crippen LogP contribution >= 0.6 is 0 Å². The van der Waals surface area contributed by atoms with Gasteiger partial charge in [-0.1, -0.05) is 37.8 Å². The number of hydrogen-bond donors (Lipinski definition) is 4. The number of amides is 5. The predicted molar refractivity (Wildman–Crippen MR) is 223 cm³/mol. The molecule has 5 aliphatic rings. The number of aromatic nitrogens is 1. The van der Waals surface area contributed by atoms with Gasteiger partial charge in [0.25, 0.3) is 22.4 Å². The number of likely N-dealkylation sites (tertiary alicyclic amines) is 1. The lowest BCUT2D eigenvalue weighted by Gasteiger charge is -2.32. The summed E-state index contributed by atoms with van der Waals surface area (Å²) in [6.45, 7) is 4.84. The fraction of sp³-hybridized carbons (Fsp3) is 0.581. The number of benzene rings is 1. The molecule has 2 saturated heterocycles. The molecule has 3 fully saturated rings. The highest BCUT2D eigenvalue weighted by atomic mass is 32.2. The Bertz CT molecular complexity index is 2150. The molecule has 20 heteroatoms. The molecule has 5 atom stereocenters. The maximum Gasteiger partial charge on any atom is 0.410 e. The molecule has 2 aromatic rings. The molecule has 0 radical (unpaired) electrons. The van der Waals surface area contributed by atoms with Gasteiger partial charge in [0.2, 0.25) is 17.7 Å². The Morgan fingerprint density at radius 1 is 1.05 bits per heavy atom. The van der Waals surface area contributed by atoms with Gasteiger partial charge in [-0.25, -0.2) is 31.1 Å². The van der Waals surface area contributed by atoms with Gasteiger partial charge in [0.05, 0.1) is 37.6 Å². The van der Waals surface area contributed by atoms with Gasteiger partial charge in [0.15, 0.2) is 0 Å². The Kier molecular flexibility index (Phi) is 14.3. The molecule has 7 rings (SSSR count). The maximum absolute atomic E-state index is 14.7. The van der Waals surface area contributed by atoms with Crippen LogP contribution in [-0.2, 0) is 47.0 Å². The minimum atomic E-state index is -4.69. The molecule has 5 heterocycles. The summed E-state index contributed by atoms with van der Waals surface area (Å²) < 4.78 is 75.9. The van der Waals surface area contributed by atoms with Crippen LogP contribution in [0.1, 0.15) is 81.9 Å². The number of nitrogens with zero attached hydrogens (tertiary/aromatic N) is 4. The van der Waals surface area contributed by atoms with Crippen molar-refractivity contribution in [1.29, 1.82) is 0 Å². The minimum absolute atomic E-state index is 0.0275. The second kappa shape index (κ2) is 19.7. The van der Waals surface area contributed by atoms with Gasteiger partial charge in [-0.05, 0) is 80.9 Å². The predicted octanol–water partition coefficient (Wildman–Crippen LogP) is 3.83. The maximum atomic E-state index is 14.7. The molecule has 0 bridgehead atoms. The third kappa shape index (κ3) is 10.9. The van der Waals surface area contributed by atoms with Crippen molar-refractivity contribution in [2.45, 2.75) is 119 Å². The van der Waals surface area contributed by atoms with E-state index in [0.717, 1.165) is 24.1 Å². The number of ether oxygens (including phenoxy) is 1. The van der Waals surface area contributed by atoms with Crippen molar-refractivity contribution in [3.05, 3.63) is 66.3 Å². The van der Waals surface area contributed by atoms with E-state index in [9.17, 15) is 45.6 Å². The van der Waals surface area contributed by atoms with Crippen molar-refractivity contribution in [3.8, 4) is 0 Å². The number of sulfonamides is 1. The molecule has 1 aromatic heterocycles.